The van der Waals surface area contributed by atoms with Crippen molar-refractivity contribution in [3.05, 3.63) is 35.4 Å². The first-order valence-electron chi connectivity index (χ1n) is 5.41. The number of rotatable bonds is 5. The zero-order chi connectivity index (χ0) is 13.7. The molecule has 1 aromatic rings. The molecule has 0 aromatic heterocycles. The smallest absolute Gasteiger partial charge is 0.305 e. The van der Waals surface area contributed by atoms with Crippen molar-refractivity contribution in [3.8, 4) is 0 Å². The van der Waals surface area contributed by atoms with Crippen molar-refractivity contribution < 1.29 is 23.4 Å². The van der Waals surface area contributed by atoms with Crippen molar-refractivity contribution >= 4 is 5.97 Å². The summed E-state index contributed by atoms with van der Waals surface area (Å²) < 4.78 is 30.1. The maximum Gasteiger partial charge on any atom is 0.305 e. The second kappa shape index (κ2) is 6.42. The minimum absolute atomic E-state index is 0.0540. The van der Waals surface area contributed by atoms with Crippen molar-refractivity contribution in [3.63, 3.8) is 0 Å². The summed E-state index contributed by atoms with van der Waals surface area (Å²) in [4.78, 5) is 10.9. The van der Waals surface area contributed by atoms with Crippen LogP contribution in [0.2, 0.25) is 0 Å². The topological polar surface area (TPSA) is 72.5 Å². The van der Waals surface area contributed by atoms with Gasteiger partial charge in [0.2, 0.25) is 0 Å². The molecular formula is C12H15F2NO3. The number of hydrogen-bond acceptors (Lipinski definition) is 4. The molecule has 3 N–H and O–H groups in total. The molecule has 0 saturated carbocycles. The molecule has 0 fully saturated rings. The standard InChI is InChI=1S/C12H15F2NO3/c1-18-11(16)5-4-10(15)12(17)7-2-3-8(13)9(14)6-7/h2-3,6,10,12,17H,4-5,15H2,1H3. The van der Waals surface area contributed by atoms with Crippen LogP contribution in [0.1, 0.15) is 24.5 Å². The Hall–Kier alpha value is -1.53. The largest absolute Gasteiger partial charge is 0.469 e. The number of carbonyl (C=O) groups is 1. The first-order valence-corrected chi connectivity index (χ1v) is 5.41. The van der Waals surface area contributed by atoms with Crippen LogP contribution < -0.4 is 5.73 Å². The molecule has 4 nitrogen and oxygen atoms in total. The third-order valence-electron chi connectivity index (χ3n) is 2.60. The van der Waals surface area contributed by atoms with Crippen LogP contribution in [0.15, 0.2) is 18.2 Å². The number of benzene rings is 1. The molecule has 0 aliphatic carbocycles. The predicted octanol–water partition coefficient (Wildman–Crippen LogP) is 1.28. The van der Waals surface area contributed by atoms with Crippen molar-refractivity contribution in [2.75, 3.05) is 7.11 Å². The summed E-state index contributed by atoms with van der Waals surface area (Å²) in [6, 6.07) is 2.30. The molecule has 2 unspecified atom stereocenters. The molecular weight excluding hydrogens is 244 g/mol. The lowest BCUT2D eigenvalue weighted by Gasteiger charge is -2.18. The van der Waals surface area contributed by atoms with Gasteiger partial charge in [-0.15, -0.1) is 0 Å². The third kappa shape index (κ3) is 3.75. The minimum atomic E-state index is -1.16. The molecule has 18 heavy (non-hydrogen) atoms. The van der Waals surface area contributed by atoms with Crippen LogP contribution in [-0.4, -0.2) is 24.2 Å². The highest BCUT2D eigenvalue weighted by Crippen LogP contribution is 2.20. The van der Waals surface area contributed by atoms with Gasteiger partial charge in [-0.3, -0.25) is 4.79 Å². The third-order valence-corrected chi connectivity index (χ3v) is 2.60. The fraction of sp³-hybridized carbons (Fsp3) is 0.417. The fourth-order valence-electron chi connectivity index (χ4n) is 1.49. The second-order valence-electron chi connectivity index (χ2n) is 3.90. The van der Waals surface area contributed by atoms with E-state index in [9.17, 15) is 18.7 Å². The number of aliphatic hydroxyl groups excluding tert-OH is 1. The van der Waals surface area contributed by atoms with Gasteiger partial charge >= 0.3 is 5.97 Å². The Labute approximate surface area is 103 Å². The Morgan fingerprint density at radius 2 is 2.11 bits per heavy atom. The van der Waals surface area contributed by atoms with E-state index in [1.165, 1.54) is 13.2 Å². The molecule has 1 rings (SSSR count). The molecule has 0 spiro atoms. The van der Waals surface area contributed by atoms with Gasteiger partial charge in [-0.05, 0) is 24.1 Å². The summed E-state index contributed by atoms with van der Waals surface area (Å²) in [6.07, 6.45) is -0.921. The lowest BCUT2D eigenvalue weighted by Crippen LogP contribution is -2.29. The molecule has 100 valence electrons. The summed E-state index contributed by atoms with van der Waals surface area (Å²) in [7, 11) is 1.25. The monoisotopic (exact) mass is 259 g/mol. The number of methoxy groups -OCH3 is 1. The zero-order valence-electron chi connectivity index (χ0n) is 9.90. The molecule has 0 radical (unpaired) electrons. The van der Waals surface area contributed by atoms with Crippen molar-refractivity contribution in [2.24, 2.45) is 5.73 Å². The summed E-state index contributed by atoms with van der Waals surface area (Å²) >= 11 is 0. The number of nitrogens with two attached hydrogens (primary N) is 1. The van der Waals surface area contributed by atoms with Crippen molar-refractivity contribution in [1.29, 1.82) is 0 Å². The van der Waals surface area contributed by atoms with E-state index in [1.54, 1.807) is 0 Å². The van der Waals surface area contributed by atoms with Gasteiger partial charge in [-0.1, -0.05) is 6.07 Å². The van der Waals surface area contributed by atoms with Gasteiger partial charge in [0, 0.05) is 12.5 Å². The lowest BCUT2D eigenvalue weighted by atomic mass is 9.99. The van der Waals surface area contributed by atoms with Gasteiger partial charge in [-0.2, -0.15) is 0 Å². The van der Waals surface area contributed by atoms with Crippen molar-refractivity contribution in [2.45, 2.75) is 25.0 Å². The molecule has 2 atom stereocenters. The quantitative estimate of drug-likeness (QED) is 0.781. The van der Waals surface area contributed by atoms with E-state index in [1.807, 2.05) is 0 Å². The Morgan fingerprint density at radius 3 is 2.67 bits per heavy atom. The SMILES string of the molecule is COC(=O)CCC(N)C(O)c1ccc(F)c(F)c1. The molecule has 0 amide bonds. The van der Waals surface area contributed by atoms with Crippen LogP contribution in [0.5, 0.6) is 0 Å². The highest BCUT2D eigenvalue weighted by atomic mass is 19.2. The molecule has 0 bridgehead atoms. The lowest BCUT2D eigenvalue weighted by molar-refractivity contribution is -0.140. The maximum absolute atomic E-state index is 13.0. The average Bonchev–Trinajstić information content (AvgIpc) is 2.37. The van der Waals surface area contributed by atoms with E-state index in [2.05, 4.69) is 4.74 Å². The van der Waals surface area contributed by atoms with E-state index in [0.717, 1.165) is 12.1 Å². The van der Waals surface area contributed by atoms with Gasteiger partial charge in [0.15, 0.2) is 11.6 Å². The first kappa shape index (κ1) is 14.5. The number of ether oxygens (including phenoxy) is 1. The number of esters is 1. The van der Waals surface area contributed by atoms with E-state index in [4.69, 9.17) is 5.73 Å². The highest BCUT2D eigenvalue weighted by Gasteiger charge is 2.19. The summed E-state index contributed by atoms with van der Waals surface area (Å²) in [5.74, 6) is -2.48. The Kier molecular flexibility index (Phi) is 5.18. The van der Waals surface area contributed by atoms with E-state index in [0.29, 0.717) is 0 Å². The molecule has 0 aliphatic heterocycles. The minimum Gasteiger partial charge on any atom is -0.469 e. The molecule has 6 heteroatoms. The fourth-order valence-corrected chi connectivity index (χ4v) is 1.49. The van der Waals surface area contributed by atoms with Gasteiger partial charge < -0.3 is 15.6 Å². The molecule has 0 heterocycles. The normalized spacial score (nSPS) is 14.1. The molecule has 1 aromatic carbocycles. The van der Waals surface area contributed by atoms with Crippen molar-refractivity contribution in [1.82, 2.24) is 0 Å². The van der Waals surface area contributed by atoms with Gasteiger partial charge in [0.25, 0.3) is 0 Å². The van der Waals surface area contributed by atoms with Gasteiger partial charge in [0.05, 0.1) is 13.2 Å². The predicted molar refractivity (Wildman–Crippen MR) is 60.5 cm³/mol. The van der Waals surface area contributed by atoms with Gasteiger partial charge in [-0.25, -0.2) is 8.78 Å². The Morgan fingerprint density at radius 1 is 1.44 bits per heavy atom. The Bertz CT molecular complexity index is 426. The summed E-state index contributed by atoms with van der Waals surface area (Å²) in [5, 5.41) is 9.82. The van der Waals surface area contributed by atoms with Crippen LogP contribution in [0.3, 0.4) is 0 Å². The van der Waals surface area contributed by atoms with Crippen LogP contribution in [0.25, 0.3) is 0 Å². The Balaban J connectivity index is 2.65. The van der Waals surface area contributed by atoms with E-state index >= 15 is 0 Å². The number of halogens is 2. The summed E-state index contributed by atoms with van der Waals surface area (Å²) in [5.41, 5.74) is 5.84. The van der Waals surface area contributed by atoms with Gasteiger partial charge in [0.1, 0.15) is 0 Å². The van der Waals surface area contributed by atoms with E-state index in [-0.39, 0.29) is 18.4 Å². The number of hydrogen-bond donors (Lipinski definition) is 2. The number of carbonyl (C=O) groups excluding carboxylic acids is 1. The average molecular weight is 259 g/mol. The first-order chi connectivity index (χ1) is 8.45. The second-order valence-corrected chi connectivity index (χ2v) is 3.90. The van der Waals surface area contributed by atoms with E-state index < -0.39 is 29.7 Å². The summed E-state index contributed by atoms with van der Waals surface area (Å²) in [6.45, 7) is 0. The van der Waals surface area contributed by atoms with Crippen LogP contribution in [-0.2, 0) is 9.53 Å². The molecule has 0 aliphatic rings. The highest BCUT2D eigenvalue weighted by molar-refractivity contribution is 5.69. The van der Waals surface area contributed by atoms with Crippen LogP contribution in [0, 0.1) is 11.6 Å². The van der Waals surface area contributed by atoms with Crippen LogP contribution in [0.4, 0.5) is 8.78 Å². The molecule has 0 saturated heterocycles. The number of aliphatic hydroxyl groups is 1. The zero-order valence-corrected chi connectivity index (χ0v) is 9.90. The maximum atomic E-state index is 13.0. The van der Waals surface area contributed by atoms with Crippen LogP contribution >= 0.6 is 0 Å².